The van der Waals surface area contributed by atoms with Crippen molar-refractivity contribution in [3.05, 3.63) is 82.5 Å². The number of carbonyl (C=O) groups is 1. The standard InChI is InChI=1S/C20H21FN4O3/c1-14-5-7-24(18(26)9-14)12-20(2,28)19(27)23-11-15-3-4-17(16(21)10-15)25-8-6-22-13-25/h3-10,13,28H,11-12H2,1-2H3,(H,23,27). The topological polar surface area (TPSA) is 89.2 Å². The lowest BCUT2D eigenvalue weighted by Gasteiger charge is -2.23. The Kier molecular flexibility index (Phi) is 5.41. The third-order valence-corrected chi connectivity index (χ3v) is 4.37. The predicted octanol–water partition coefficient (Wildman–Crippen LogP) is 1.55. The zero-order valence-electron chi connectivity index (χ0n) is 15.6. The number of imidazole rings is 1. The van der Waals surface area contributed by atoms with Crippen LogP contribution < -0.4 is 10.9 Å². The molecule has 0 radical (unpaired) electrons. The fraction of sp³-hybridized carbons (Fsp3) is 0.250. The van der Waals surface area contributed by atoms with Crippen LogP contribution in [0.4, 0.5) is 4.39 Å². The van der Waals surface area contributed by atoms with E-state index in [9.17, 15) is 19.1 Å². The zero-order chi connectivity index (χ0) is 20.3. The van der Waals surface area contributed by atoms with Gasteiger partial charge in [-0.2, -0.15) is 0 Å². The van der Waals surface area contributed by atoms with Gasteiger partial charge in [0.1, 0.15) is 5.82 Å². The SMILES string of the molecule is Cc1ccn(CC(C)(O)C(=O)NCc2ccc(-n3ccnc3)c(F)c2)c(=O)c1. The maximum Gasteiger partial charge on any atom is 0.253 e. The average Bonchev–Trinajstić information content (AvgIpc) is 3.16. The summed E-state index contributed by atoms with van der Waals surface area (Å²) in [5, 5.41) is 13.1. The Morgan fingerprint density at radius 2 is 2.07 bits per heavy atom. The van der Waals surface area contributed by atoms with Crippen molar-refractivity contribution in [2.75, 3.05) is 0 Å². The Morgan fingerprint density at radius 3 is 2.71 bits per heavy atom. The Balaban J connectivity index is 1.65. The average molecular weight is 384 g/mol. The summed E-state index contributed by atoms with van der Waals surface area (Å²) >= 11 is 0. The highest BCUT2D eigenvalue weighted by Gasteiger charge is 2.30. The Labute approximate surface area is 161 Å². The molecule has 0 fully saturated rings. The van der Waals surface area contributed by atoms with Crippen molar-refractivity contribution in [1.29, 1.82) is 0 Å². The van der Waals surface area contributed by atoms with Crippen LogP contribution in [0, 0.1) is 12.7 Å². The monoisotopic (exact) mass is 384 g/mol. The summed E-state index contributed by atoms with van der Waals surface area (Å²) in [6, 6.07) is 7.73. The number of aryl methyl sites for hydroxylation is 1. The first-order chi connectivity index (χ1) is 13.3. The number of aliphatic hydroxyl groups is 1. The first-order valence-corrected chi connectivity index (χ1v) is 8.71. The molecule has 1 atom stereocenters. The molecule has 0 aliphatic carbocycles. The van der Waals surface area contributed by atoms with Gasteiger partial charge in [0.05, 0.1) is 18.6 Å². The lowest BCUT2D eigenvalue weighted by molar-refractivity contribution is -0.139. The quantitative estimate of drug-likeness (QED) is 0.675. The van der Waals surface area contributed by atoms with Crippen LogP contribution in [0.1, 0.15) is 18.1 Å². The number of carbonyl (C=O) groups excluding carboxylic acids is 1. The van der Waals surface area contributed by atoms with E-state index >= 15 is 0 Å². The summed E-state index contributed by atoms with van der Waals surface area (Å²) in [5.41, 5.74) is -0.415. The Morgan fingerprint density at radius 1 is 1.29 bits per heavy atom. The van der Waals surface area contributed by atoms with Crippen LogP contribution in [0.15, 0.2) is 60.0 Å². The third-order valence-electron chi connectivity index (χ3n) is 4.37. The molecular weight excluding hydrogens is 363 g/mol. The molecule has 3 aromatic rings. The Bertz CT molecular complexity index is 1040. The van der Waals surface area contributed by atoms with Crippen LogP contribution in [0.25, 0.3) is 5.69 Å². The number of nitrogens with one attached hydrogen (secondary N) is 1. The second kappa shape index (κ2) is 7.77. The van der Waals surface area contributed by atoms with Crippen LogP contribution in [0.5, 0.6) is 0 Å². The Hall–Kier alpha value is -3.26. The second-order valence-corrected chi connectivity index (χ2v) is 6.88. The van der Waals surface area contributed by atoms with Crippen molar-refractivity contribution in [2.24, 2.45) is 0 Å². The molecular formula is C20H21FN4O3. The van der Waals surface area contributed by atoms with E-state index in [1.807, 2.05) is 0 Å². The van der Waals surface area contributed by atoms with Crippen LogP contribution in [0.2, 0.25) is 0 Å². The van der Waals surface area contributed by atoms with E-state index in [1.165, 1.54) is 36.1 Å². The molecule has 2 heterocycles. The van der Waals surface area contributed by atoms with E-state index < -0.39 is 17.3 Å². The van der Waals surface area contributed by atoms with Crippen molar-refractivity contribution in [3.63, 3.8) is 0 Å². The highest BCUT2D eigenvalue weighted by molar-refractivity contribution is 5.84. The third kappa shape index (κ3) is 4.34. The predicted molar refractivity (Wildman–Crippen MR) is 101 cm³/mol. The molecule has 7 nitrogen and oxygen atoms in total. The number of aromatic nitrogens is 3. The molecule has 0 saturated heterocycles. The molecule has 28 heavy (non-hydrogen) atoms. The molecule has 8 heteroatoms. The number of hydrogen-bond acceptors (Lipinski definition) is 4. The highest BCUT2D eigenvalue weighted by atomic mass is 19.1. The first-order valence-electron chi connectivity index (χ1n) is 8.71. The van der Waals surface area contributed by atoms with Gasteiger partial charge < -0.3 is 19.6 Å². The molecule has 146 valence electrons. The summed E-state index contributed by atoms with van der Waals surface area (Å²) in [4.78, 5) is 28.2. The maximum atomic E-state index is 14.3. The lowest BCUT2D eigenvalue weighted by atomic mass is 10.1. The lowest BCUT2D eigenvalue weighted by Crippen LogP contribution is -2.48. The van der Waals surface area contributed by atoms with Crippen molar-refractivity contribution in [2.45, 2.75) is 32.5 Å². The minimum absolute atomic E-state index is 0.0406. The number of rotatable bonds is 6. The number of nitrogens with zero attached hydrogens (tertiary/aromatic N) is 3. The van der Waals surface area contributed by atoms with E-state index in [2.05, 4.69) is 10.3 Å². The largest absolute Gasteiger partial charge is 0.378 e. The van der Waals surface area contributed by atoms with Gasteiger partial charge in [0.15, 0.2) is 5.60 Å². The van der Waals surface area contributed by atoms with E-state index in [-0.39, 0.29) is 18.6 Å². The normalized spacial score (nSPS) is 13.1. The molecule has 0 spiro atoms. The molecule has 1 aromatic carbocycles. The number of hydrogen-bond donors (Lipinski definition) is 2. The molecule has 0 bridgehead atoms. The van der Waals surface area contributed by atoms with Gasteiger partial charge in [-0.1, -0.05) is 6.07 Å². The van der Waals surface area contributed by atoms with Gasteiger partial charge >= 0.3 is 0 Å². The molecule has 0 aliphatic rings. The van der Waals surface area contributed by atoms with Crippen LogP contribution >= 0.6 is 0 Å². The molecule has 0 saturated carbocycles. The molecule has 1 unspecified atom stereocenters. The van der Waals surface area contributed by atoms with Crippen molar-refractivity contribution in [1.82, 2.24) is 19.4 Å². The second-order valence-electron chi connectivity index (χ2n) is 6.88. The van der Waals surface area contributed by atoms with Crippen molar-refractivity contribution in [3.8, 4) is 5.69 Å². The van der Waals surface area contributed by atoms with Crippen molar-refractivity contribution >= 4 is 5.91 Å². The molecule has 2 N–H and O–H groups in total. The first kappa shape index (κ1) is 19.5. The summed E-state index contributed by atoms with van der Waals surface area (Å²) in [6.07, 6.45) is 6.20. The van der Waals surface area contributed by atoms with Gasteiger partial charge in [0, 0.05) is 31.2 Å². The zero-order valence-corrected chi connectivity index (χ0v) is 15.6. The molecule has 0 aliphatic heterocycles. The summed E-state index contributed by atoms with van der Waals surface area (Å²) < 4.78 is 17.1. The van der Waals surface area contributed by atoms with E-state index in [0.717, 1.165) is 5.56 Å². The summed E-state index contributed by atoms with van der Waals surface area (Å²) in [6.45, 7) is 2.97. The van der Waals surface area contributed by atoms with E-state index in [0.29, 0.717) is 11.3 Å². The summed E-state index contributed by atoms with van der Waals surface area (Å²) in [5.74, 6) is -1.11. The number of pyridine rings is 1. The van der Waals surface area contributed by atoms with Crippen LogP contribution in [-0.2, 0) is 17.9 Å². The maximum absolute atomic E-state index is 14.3. The fourth-order valence-electron chi connectivity index (χ4n) is 2.79. The smallest absolute Gasteiger partial charge is 0.253 e. The van der Waals surface area contributed by atoms with Gasteiger partial charge in [0.2, 0.25) is 0 Å². The summed E-state index contributed by atoms with van der Waals surface area (Å²) in [7, 11) is 0. The fourth-order valence-corrected chi connectivity index (χ4v) is 2.79. The van der Waals surface area contributed by atoms with E-state index in [1.54, 1.807) is 42.1 Å². The molecule has 1 amide bonds. The van der Waals surface area contributed by atoms with Gasteiger partial charge in [0.25, 0.3) is 11.5 Å². The minimum atomic E-state index is -1.80. The van der Waals surface area contributed by atoms with Gasteiger partial charge in [-0.25, -0.2) is 9.37 Å². The van der Waals surface area contributed by atoms with Crippen molar-refractivity contribution < 1.29 is 14.3 Å². The highest BCUT2D eigenvalue weighted by Crippen LogP contribution is 2.15. The number of benzene rings is 1. The van der Waals surface area contributed by atoms with Crippen LogP contribution in [0.3, 0.4) is 0 Å². The van der Waals surface area contributed by atoms with Gasteiger partial charge in [-0.3, -0.25) is 9.59 Å². The number of amides is 1. The van der Waals surface area contributed by atoms with Gasteiger partial charge in [-0.15, -0.1) is 0 Å². The number of halogens is 1. The molecule has 2 aromatic heterocycles. The van der Waals surface area contributed by atoms with Gasteiger partial charge in [-0.05, 0) is 43.2 Å². The molecule has 3 rings (SSSR count). The van der Waals surface area contributed by atoms with E-state index in [4.69, 9.17) is 0 Å². The minimum Gasteiger partial charge on any atom is -0.378 e. The van der Waals surface area contributed by atoms with Crippen LogP contribution in [-0.4, -0.2) is 30.7 Å².